The van der Waals surface area contributed by atoms with E-state index in [1.165, 1.54) is 6.08 Å². The maximum atomic E-state index is 13.3. The molecule has 0 aliphatic rings. The molecule has 0 saturated heterocycles. The van der Waals surface area contributed by atoms with Gasteiger partial charge in [0.1, 0.15) is 25.6 Å². The highest BCUT2D eigenvalue weighted by Gasteiger charge is 2.17. The number of benzene rings is 6. The molecule has 5 nitrogen and oxygen atoms in total. The molecule has 0 bridgehead atoms. The lowest BCUT2D eigenvalue weighted by Gasteiger charge is -2.18. The van der Waals surface area contributed by atoms with Crippen LogP contribution in [0.4, 0.5) is 0 Å². The second kappa shape index (κ2) is 14.1. The minimum absolute atomic E-state index is 0.0359. The fraction of sp³-hybridized carbons (Fsp3) is 0.0750. The van der Waals surface area contributed by atoms with Crippen LogP contribution < -0.4 is 14.2 Å². The van der Waals surface area contributed by atoms with Gasteiger partial charge in [0, 0.05) is 5.39 Å². The Bertz CT molecular complexity index is 1850. The van der Waals surface area contributed by atoms with Gasteiger partial charge in [-0.15, -0.1) is 0 Å². The lowest BCUT2D eigenvalue weighted by molar-refractivity contribution is 0.104. The minimum atomic E-state index is -0.318. The number of hydrogen-bond acceptors (Lipinski definition) is 5. The normalized spacial score (nSPS) is 11.0. The van der Waals surface area contributed by atoms with Crippen molar-refractivity contribution < 1.29 is 24.1 Å². The van der Waals surface area contributed by atoms with Gasteiger partial charge >= 0.3 is 0 Å². The number of allylic oxidation sites excluding steroid dienone is 1. The summed E-state index contributed by atoms with van der Waals surface area (Å²) in [6, 6.07) is 44.2. The summed E-state index contributed by atoms with van der Waals surface area (Å²) in [6.45, 7) is 0.953. The number of aromatic hydroxyl groups is 1. The molecule has 6 aromatic carbocycles. The zero-order valence-corrected chi connectivity index (χ0v) is 24.6. The Morgan fingerprint density at radius 3 is 1.62 bits per heavy atom. The Morgan fingerprint density at radius 2 is 1.07 bits per heavy atom. The second-order valence-corrected chi connectivity index (χ2v) is 10.5. The maximum absolute atomic E-state index is 13.3. The van der Waals surface area contributed by atoms with Crippen LogP contribution in [0.25, 0.3) is 16.8 Å². The summed E-state index contributed by atoms with van der Waals surface area (Å²) >= 11 is 0. The number of carbonyl (C=O) groups excluding carboxylic acids is 1. The van der Waals surface area contributed by atoms with E-state index in [4.69, 9.17) is 14.2 Å². The molecule has 0 saturated carbocycles. The van der Waals surface area contributed by atoms with Gasteiger partial charge in [-0.1, -0.05) is 127 Å². The van der Waals surface area contributed by atoms with Crippen molar-refractivity contribution in [3.8, 4) is 23.0 Å². The van der Waals surface area contributed by atoms with Gasteiger partial charge in [-0.3, -0.25) is 4.79 Å². The third kappa shape index (κ3) is 7.40. The number of hydrogen-bond donors (Lipinski definition) is 1. The van der Waals surface area contributed by atoms with E-state index in [-0.39, 0.29) is 17.1 Å². The van der Waals surface area contributed by atoms with Gasteiger partial charge in [-0.2, -0.15) is 0 Å². The van der Waals surface area contributed by atoms with Gasteiger partial charge in [0.25, 0.3) is 0 Å². The fourth-order valence-corrected chi connectivity index (χ4v) is 4.97. The molecule has 0 atom stereocenters. The SMILES string of the molecule is O=C(/C=C/c1cc(OCc2ccccc2)c(OCc2ccccc2)c(OCc2ccccc2)c1)c1ccc2ccccc2c1O. The molecule has 0 radical (unpaired) electrons. The summed E-state index contributed by atoms with van der Waals surface area (Å²) in [5, 5.41) is 12.3. The number of rotatable bonds is 12. The molecular weight excluding hydrogens is 560 g/mol. The molecule has 0 spiro atoms. The lowest BCUT2D eigenvalue weighted by Crippen LogP contribution is -2.04. The Labute approximate surface area is 262 Å². The van der Waals surface area contributed by atoms with Crippen molar-refractivity contribution in [3.05, 3.63) is 173 Å². The fourth-order valence-electron chi connectivity index (χ4n) is 4.97. The molecule has 1 N–H and O–H groups in total. The third-order valence-corrected chi connectivity index (χ3v) is 7.34. The second-order valence-electron chi connectivity index (χ2n) is 10.5. The third-order valence-electron chi connectivity index (χ3n) is 7.34. The van der Waals surface area contributed by atoms with Crippen LogP contribution in [-0.2, 0) is 19.8 Å². The first kappa shape index (κ1) is 29.3. The summed E-state index contributed by atoms with van der Waals surface area (Å²) in [5.74, 6) is 1.09. The van der Waals surface area contributed by atoms with Crippen molar-refractivity contribution in [1.29, 1.82) is 0 Å². The molecule has 45 heavy (non-hydrogen) atoms. The van der Waals surface area contributed by atoms with E-state index >= 15 is 0 Å². The molecule has 0 heterocycles. The first-order chi connectivity index (χ1) is 22.1. The molecule has 0 unspecified atom stereocenters. The Balaban J connectivity index is 1.35. The molecule has 0 fully saturated rings. The molecular formula is C40H32O5. The van der Waals surface area contributed by atoms with Crippen molar-refractivity contribution in [1.82, 2.24) is 0 Å². The monoisotopic (exact) mass is 592 g/mol. The predicted molar refractivity (Wildman–Crippen MR) is 178 cm³/mol. The highest BCUT2D eigenvalue weighted by atomic mass is 16.5. The largest absolute Gasteiger partial charge is 0.507 e. The number of phenolic OH excluding ortho intramolecular Hbond substituents is 1. The first-order valence-electron chi connectivity index (χ1n) is 14.8. The number of carbonyl (C=O) groups is 1. The number of fused-ring (bicyclic) bond motifs is 1. The van der Waals surface area contributed by atoms with E-state index in [2.05, 4.69) is 0 Å². The smallest absolute Gasteiger partial charge is 0.203 e. The summed E-state index contributed by atoms with van der Waals surface area (Å²) in [4.78, 5) is 13.3. The number of ketones is 1. The zero-order valence-electron chi connectivity index (χ0n) is 24.6. The molecule has 0 aliphatic carbocycles. The van der Waals surface area contributed by atoms with Crippen LogP contribution in [0.5, 0.6) is 23.0 Å². The zero-order chi connectivity index (χ0) is 30.8. The lowest BCUT2D eigenvalue weighted by atomic mass is 10.0. The van der Waals surface area contributed by atoms with Gasteiger partial charge in [0.05, 0.1) is 5.56 Å². The molecule has 0 aliphatic heterocycles. The summed E-state index contributed by atoms with van der Waals surface area (Å²) < 4.78 is 19.0. The Kier molecular flexibility index (Phi) is 9.18. The van der Waals surface area contributed by atoms with Crippen LogP contribution in [-0.4, -0.2) is 10.9 Å². The highest BCUT2D eigenvalue weighted by molar-refractivity contribution is 6.11. The molecule has 6 rings (SSSR count). The minimum Gasteiger partial charge on any atom is -0.507 e. The van der Waals surface area contributed by atoms with Crippen LogP contribution in [0.1, 0.15) is 32.6 Å². The van der Waals surface area contributed by atoms with E-state index in [9.17, 15) is 9.90 Å². The average Bonchev–Trinajstić information content (AvgIpc) is 3.09. The Hall–Kier alpha value is -5.81. The molecule has 0 amide bonds. The quantitative estimate of drug-likeness (QED) is 0.113. The molecule has 0 aromatic heterocycles. The molecule has 5 heteroatoms. The van der Waals surface area contributed by atoms with Crippen LogP contribution >= 0.6 is 0 Å². The van der Waals surface area contributed by atoms with Crippen LogP contribution in [0.2, 0.25) is 0 Å². The summed E-state index contributed by atoms with van der Waals surface area (Å²) in [7, 11) is 0. The molecule has 222 valence electrons. The summed E-state index contributed by atoms with van der Waals surface area (Å²) in [6.07, 6.45) is 3.15. The van der Waals surface area contributed by atoms with E-state index < -0.39 is 0 Å². The van der Waals surface area contributed by atoms with Crippen molar-refractivity contribution in [2.24, 2.45) is 0 Å². The van der Waals surface area contributed by atoms with E-state index in [0.29, 0.717) is 48.0 Å². The van der Waals surface area contributed by atoms with Crippen molar-refractivity contribution in [2.45, 2.75) is 19.8 Å². The van der Waals surface area contributed by atoms with Crippen molar-refractivity contribution in [2.75, 3.05) is 0 Å². The highest BCUT2D eigenvalue weighted by Crippen LogP contribution is 2.41. The molecule has 6 aromatic rings. The van der Waals surface area contributed by atoms with Crippen molar-refractivity contribution >= 4 is 22.6 Å². The maximum Gasteiger partial charge on any atom is 0.203 e. The van der Waals surface area contributed by atoms with Gasteiger partial charge < -0.3 is 19.3 Å². The van der Waals surface area contributed by atoms with Crippen LogP contribution in [0.15, 0.2) is 146 Å². The van der Waals surface area contributed by atoms with Gasteiger partial charge in [-0.25, -0.2) is 0 Å². The number of ether oxygens (including phenoxy) is 3. The predicted octanol–water partition coefficient (Wildman–Crippen LogP) is 9.18. The Morgan fingerprint density at radius 1 is 0.578 bits per heavy atom. The van der Waals surface area contributed by atoms with Gasteiger partial charge in [0.15, 0.2) is 17.3 Å². The first-order valence-corrected chi connectivity index (χ1v) is 14.8. The van der Waals surface area contributed by atoms with Crippen LogP contribution in [0.3, 0.4) is 0 Å². The average molecular weight is 593 g/mol. The van der Waals surface area contributed by atoms with E-state index in [0.717, 1.165) is 22.1 Å². The van der Waals surface area contributed by atoms with Crippen LogP contribution in [0, 0.1) is 0 Å². The van der Waals surface area contributed by atoms with Crippen molar-refractivity contribution in [3.63, 3.8) is 0 Å². The van der Waals surface area contributed by atoms with Gasteiger partial charge in [0.2, 0.25) is 5.75 Å². The number of phenols is 1. The van der Waals surface area contributed by atoms with E-state index in [1.54, 1.807) is 18.2 Å². The standard InChI is InChI=1S/C40H32O5/c41-36(35-22-21-33-18-10-11-19-34(33)39(35)42)23-20-32-24-37(43-26-29-12-4-1-5-13-29)40(45-28-31-16-8-3-9-17-31)38(25-32)44-27-30-14-6-2-7-15-30/h1-25,42H,26-28H2/b23-20+. The topological polar surface area (TPSA) is 65.0 Å². The van der Waals surface area contributed by atoms with E-state index in [1.807, 2.05) is 127 Å². The summed E-state index contributed by atoms with van der Waals surface area (Å²) in [5.41, 5.74) is 3.92. The van der Waals surface area contributed by atoms with Gasteiger partial charge in [-0.05, 0) is 51.9 Å².